The standard InChI is InChI=1S/C12H11FN2O4/c1-14(19-2)11(16)9-6-15(12(17)18)10-5-7(13)3-4-8(9)10/h3-6H,1-2H3,(H,17,18). The summed E-state index contributed by atoms with van der Waals surface area (Å²) in [6.07, 6.45) is -0.153. The largest absolute Gasteiger partial charge is 0.464 e. The summed E-state index contributed by atoms with van der Waals surface area (Å²) in [5.74, 6) is -1.09. The minimum Gasteiger partial charge on any atom is -0.464 e. The molecule has 7 heteroatoms. The predicted molar refractivity (Wildman–Crippen MR) is 64.4 cm³/mol. The number of rotatable bonds is 2. The van der Waals surface area contributed by atoms with Crippen LogP contribution in [0.3, 0.4) is 0 Å². The zero-order valence-corrected chi connectivity index (χ0v) is 10.3. The van der Waals surface area contributed by atoms with Crippen molar-refractivity contribution in [3.8, 4) is 0 Å². The molecule has 0 saturated heterocycles. The zero-order valence-electron chi connectivity index (χ0n) is 10.3. The summed E-state index contributed by atoms with van der Waals surface area (Å²) in [6.45, 7) is 0. The molecule has 0 fully saturated rings. The summed E-state index contributed by atoms with van der Waals surface area (Å²) in [4.78, 5) is 27.9. The van der Waals surface area contributed by atoms with E-state index in [1.165, 1.54) is 20.2 Å². The summed E-state index contributed by atoms with van der Waals surface area (Å²) in [7, 11) is 2.71. The van der Waals surface area contributed by atoms with Gasteiger partial charge in [-0.1, -0.05) is 0 Å². The highest BCUT2D eigenvalue weighted by atomic mass is 19.1. The number of carbonyl (C=O) groups is 2. The Bertz CT molecular complexity index is 665. The molecule has 2 rings (SSSR count). The van der Waals surface area contributed by atoms with E-state index in [0.717, 1.165) is 28.0 Å². The Kier molecular flexibility index (Phi) is 3.22. The molecule has 1 heterocycles. The van der Waals surface area contributed by atoms with E-state index >= 15 is 0 Å². The molecule has 1 N–H and O–H groups in total. The first kappa shape index (κ1) is 13.0. The van der Waals surface area contributed by atoms with Crippen LogP contribution in [0.5, 0.6) is 0 Å². The maximum absolute atomic E-state index is 13.2. The molecular weight excluding hydrogens is 255 g/mol. The fraction of sp³-hybridized carbons (Fsp3) is 0.167. The molecule has 0 saturated carbocycles. The first-order valence-corrected chi connectivity index (χ1v) is 5.31. The first-order valence-electron chi connectivity index (χ1n) is 5.31. The molecule has 0 aliphatic heterocycles. The van der Waals surface area contributed by atoms with Gasteiger partial charge in [-0.05, 0) is 18.2 Å². The summed E-state index contributed by atoms with van der Waals surface area (Å²) in [5, 5.41) is 10.4. The Morgan fingerprint density at radius 1 is 1.42 bits per heavy atom. The van der Waals surface area contributed by atoms with Gasteiger partial charge in [-0.3, -0.25) is 14.2 Å². The lowest BCUT2D eigenvalue weighted by molar-refractivity contribution is -0.0755. The SMILES string of the molecule is CON(C)C(=O)c1cn(C(=O)O)c2cc(F)ccc12. The van der Waals surface area contributed by atoms with Crippen molar-refractivity contribution in [3.05, 3.63) is 35.8 Å². The summed E-state index contributed by atoms with van der Waals surface area (Å²) in [6, 6.07) is 3.59. The van der Waals surface area contributed by atoms with Crippen molar-refractivity contribution >= 4 is 22.9 Å². The smallest absolute Gasteiger partial charge is 0.416 e. The van der Waals surface area contributed by atoms with Crippen LogP contribution in [0, 0.1) is 5.82 Å². The monoisotopic (exact) mass is 266 g/mol. The number of carbonyl (C=O) groups excluding carboxylic acids is 1. The second-order valence-electron chi connectivity index (χ2n) is 3.84. The number of hydroxylamine groups is 2. The number of aromatic nitrogens is 1. The second kappa shape index (κ2) is 4.69. The Morgan fingerprint density at radius 3 is 2.68 bits per heavy atom. The van der Waals surface area contributed by atoms with Crippen molar-refractivity contribution in [3.63, 3.8) is 0 Å². The van der Waals surface area contributed by atoms with Crippen molar-refractivity contribution in [1.82, 2.24) is 9.63 Å². The molecule has 0 aliphatic carbocycles. The zero-order chi connectivity index (χ0) is 14.2. The Morgan fingerprint density at radius 2 is 2.11 bits per heavy atom. The molecule has 2 aromatic rings. The van der Waals surface area contributed by atoms with Gasteiger partial charge in [0.05, 0.1) is 18.2 Å². The molecule has 1 amide bonds. The van der Waals surface area contributed by atoms with Crippen LogP contribution in [0.15, 0.2) is 24.4 Å². The number of halogens is 1. The molecule has 0 aliphatic rings. The van der Waals surface area contributed by atoms with Gasteiger partial charge in [0.1, 0.15) is 5.82 Å². The van der Waals surface area contributed by atoms with Crippen LogP contribution >= 0.6 is 0 Å². The third-order valence-electron chi connectivity index (χ3n) is 2.76. The van der Waals surface area contributed by atoms with Gasteiger partial charge in [0, 0.05) is 18.6 Å². The minimum atomic E-state index is -1.30. The van der Waals surface area contributed by atoms with Gasteiger partial charge in [0.25, 0.3) is 5.91 Å². The predicted octanol–water partition coefficient (Wildman–Crippen LogP) is 1.94. The van der Waals surface area contributed by atoms with Crippen molar-refractivity contribution < 1.29 is 23.9 Å². The van der Waals surface area contributed by atoms with Crippen LogP contribution in [0.2, 0.25) is 0 Å². The van der Waals surface area contributed by atoms with E-state index in [2.05, 4.69) is 0 Å². The lowest BCUT2D eigenvalue weighted by atomic mass is 10.1. The molecule has 19 heavy (non-hydrogen) atoms. The second-order valence-corrected chi connectivity index (χ2v) is 3.84. The van der Waals surface area contributed by atoms with Gasteiger partial charge in [-0.2, -0.15) is 0 Å². The van der Waals surface area contributed by atoms with E-state index in [9.17, 15) is 14.0 Å². The van der Waals surface area contributed by atoms with Crippen LogP contribution in [-0.4, -0.2) is 40.9 Å². The minimum absolute atomic E-state index is 0.111. The van der Waals surface area contributed by atoms with Gasteiger partial charge < -0.3 is 5.11 Å². The molecule has 1 aromatic carbocycles. The fourth-order valence-corrected chi connectivity index (χ4v) is 1.78. The number of benzene rings is 1. The molecule has 0 spiro atoms. The molecular formula is C12H11FN2O4. The summed E-state index contributed by atoms with van der Waals surface area (Å²) >= 11 is 0. The number of hydrogen-bond acceptors (Lipinski definition) is 3. The highest BCUT2D eigenvalue weighted by Crippen LogP contribution is 2.23. The van der Waals surface area contributed by atoms with Crippen molar-refractivity contribution in [1.29, 1.82) is 0 Å². The molecule has 6 nitrogen and oxygen atoms in total. The number of hydrogen-bond donors (Lipinski definition) is 1. The third kappa shape index (κ3) is 2.15. The van der Waals surface area contributed by atoms with Gasteiger partial charge in [0.15, 0.2) is 0 Å². The average molecular weight is 266 g/mol. The number of fused-ring (bicyclic) bond motifs is 1. The van der Waals surface area contributed by atoms with E-state index in [4.69, 9.17) is 9.94 Å². The first-order chi connectivity index (χ1) is 8.95. The quantitative estimate of drug-likeness (QED) is 0.843. The van der Waals surface area contributed by atoms with E-state index < -0.39 is 17.8 Å². The highest BCUT2D eigenvalue weighted by Gasteiger charge is 2.21. The summed E-state index contributed by atoms with van der Waals surface area (Å²) in [5.41, 5.74) is 0.238. The lowest BCUT2D eigenvalue weighted by Gasteiger charge is -2.12. The average Bonchev–Trinajstić information content (AvgIpc) is 2.75. The van der Waals surface area contributed by atoms with Crippen LogP contribution in [-0.2, 0) is 4.84 Å². The molecule has 0 bridgehead atoms. The maximum Gasteiger partial charge on any atom is 0.416 e. The maximum atomic E-state index is 13.2. The van der Waals surface area contributed by atoms with Crippen LogP contribution in [0.1, 0.15) is 10.4 Å². The topological polar surface area (TPSA) is 71.8 Å². The Hall–Kier alpha value is -2.41. The van der Waals surface area contributed by atoms with E-state index in [-0.39, 0.29) is 11.1 Å². The molecule has 1 aromatic heterocycles. The van der Waals surface area contributed by atoms with Gasteiger partial charge >= 0.3 is 6.09 Å². The molecule has 0 atom stereocenters. The van der Waals surface area contributed by atoms with E-state index in [0.29, 0.717) is 5.39 Å². The Balaban J connectivity index is 2.69. The number of amides is 1. The lowest BCUT2D eigenvalue weighted by Crippen LogP contribution is -2.25. The van der Waals surface area contributed by atoms with Crippen LogP contribution in [0.4, 0.5) is 9.18 Å². The molecule has 100 valence electrons. The van der Waals surface area contributed by atoms with Crippen LogP contribution in [0.25, 0.3) is 10.9 Å². The van der Waals surface area contributed by atoms with E-state index in [1.54, 1.807) is 0 Å². The van der Waals surface area contributed by atoms with Gasteiger partial charge in [-0.15, -0.1) is 0 Å². The van der Waals surface area contributed by atoms with Crippen molar-refractivity contribution in [2.75, 3.05) is 14.2 Å². The summed E-state index contributed by atoms with van der Waals surface area (Å²) < 4.78 is 14.0. The number of carboxylic acid groups (broad SMARTS) is 1. The molecule has 0 radical (unpaired) electrons. The van der Waals surface area contributed by atoms with Crippen molar-refractivity contribution in [2.45, 2.75) is 0 Å². The molecule has 0 unspecified atom stereocenters. The van der Waals surface area contributed by atoms with Crippen molar-refractivity contribution in [2.24, 2.45) is 0 Å². The fourth-order valence-electron chi connectivity index (χ4n) is 1.78. The van der Waals surface area contributed by atoms with E-state index in [1.807, 2.05) is 0 Å². The van der Waals surface area contributed by atoms with Gasteiger partial charge in [-0.25, -0.2) is 14.2 Å². The van der Waals surface area contributed by atoms with Gasteiger partial charge in [0.2, 0.25) is 0 Å². The normalized spacial score (nSPS) is 10.7. The highest BCUT2D eigenvalue weighted by molar-refractivity contribution is 6.08. The Labute approximate surface area is 107 Å². The number of nitrogens with zero attached hydrogens (tertiary/aromatic N) is 2. The van der Waals surface area contributed by atoms with Crippen LogP contribution < -0.4 is 0 Å². The third-order valence-corrected chi connectivity index (χ3v) is 2.76.